The Kier molecular flexibility index (Phi) is 5.79. The molecule has 4 rings (SSSR count). The van der Waals surface area contributed by atoms with Gasteiger partial charge in [0.05, 0.1) is 0 Å². The van der Waals surface area contributed by atoms with E-state index in [1.807, 2.05) is 24.3 Å². The summed E-state index contributed by atoms with van der Waals surface area (Å²) in [5, 5.41) is 0.740. The Morgan fingerprint density at radius 2 is 1.65 bits per heavy atom. The first-order valence-corrected chi connectivity index (χ1v) is 10.4. The first kappa shape index (κ1) is 18.2. The third-order valence-electron chi connectivity index (χ3n) is 6.16. The van der Waals surface area contributed by atoms with Crippen molar-refractivity contribution in [2.24, 2.45) is 0 Å². The van der Waals surface area contributed by atoms with E-state index >= 15 is 0 Å². The van der Waals surface area contributed by atoms with Crippen LogP contribution in [0.15, 0.2) is 24.3 Å². The van der Waals surface area contributed by atoms with Gasteiger partial charge in [-0.2, -0.15) is 0 Å². The predicted octanol–water partition coefficient (Wildman–Crippen LogP) is 2.72. The summed E-state index contributed by atoms with van der Waals surface area (Å²) in [6, 6.07) is 8.56. The number of halogens is 1. The van der Waals surface area contributed by atoms with Gasteiger partial charge in [-0.25, -0.2) is 10.9 Å². The molecule has 5 nitrogen and oxygen atoms in total. The Morgan fingerprint density at radius 1 is 0.962 bits per heavy atom. The summed E-state index contributed by atoms with van der Waals surface area (Å²) in [4.78, 5) is 17.6. The monoisotopic (exact) mass is 376 g/mol. The van der Waals surface area contributed by atoms with Crippen LogP contribution in [-0.4, -0.2) is 54.0 Å². The van der Waals surface area contributed by atoms with Gasteiger partial charge < -0.3 is 9.80 Å². The lowest BCUT2D eigenvalue weighted by Crippen LogP contribution is -2.52. The summed E-state index contributed by atoms with van der Waals surface area (Å²) in [7, 11) is 0. The molecule has 2 unspecified atom stereocenters. The largest absolute Gasteiger partial charge is 0.341 e. The molecule has 3 heterocycles. The zero-order valence-electron chi connectivity index (χ0n) is 15.3. The molecule has 1 amide bonds. The van der Waals surface area contributed by atoms with E-state index in [1.165, 1.54) is 37.9 Å². The molecule has 2 atom stereocenters. The number of carbonyl (C=O) groups is 1. The first-order valence-electron chi connectivity index (χ1n) is 10.00. The molecular formula is C20H29ClN4O. The molecule has 0 saturated carbocycles. The van der Waals surface area contributed by atoms with Gasteiger partial charge >= 0.3 is 0 Å². The quantitative estimate of drug-likeness (QED) is 0.851. The van der Waals surface area contributed by atoms with Crippen LogP contribution in [0, 0.1) is 0 Å². The second kappa shape index (κ2) is 8.26. The van der Waals surface area contributed by atoms with Crippen LogP contribution in [0.25, 0.3) is 0 Å². The summed E-state index contributed by atoms with van der Waals surface area (Å²) >= 11 is 5.97. The average molecular weight is 377 g/mol. The third kappa shape index (κ3) is 4.06. The highest BCUT2D eigenvalue weighted by molar-refractivity contribution is 6.30. The van der Waals surface area contributed by atoms with E-state index in [4.69, 9.17) is 11.6 Å². The van der Waals surface area contributed by atoms with Gasteiger partial charge in [-0.15, -0.1) is 0 Å². The Bertz CT molecular complexity index is 609. The van der Waals surface area contributed by atoms with Crippen LogP contribution < -0.4 is 10.9 Å². The highest BCUT2D eigenvalue weighted by Crippen LogP contribution is 2.26. The number of hydrogen-bond acceptors (Lipinski definition) is 4. The molecule has 0 aliphatic carbocycles. The summed E-state index contributed by atoms with van der Waals surface area (Å²) < 4.78 is 0. The van der Waals surface area contributed by atoms with E-state index in [9.17, 15) is 4.79 Å². The lowest BCUT2D eigenvalue weighted by molar-refractivity contribution is -0.134. The highest BCUT2D eigenvalue weighted by atomic mass is 35.5. The Hall–Kier alpha value is -1.14. The fourth-order valence-corrected chi connectivity index (χ4v) is 4.71. The molecular weight excluding hydrogens is 348 g/mol. The van der Waals surface area contributed by atoms with Gasteiger partial charge in [0, 0.05) is 30.2 Å². The molecule has 142 valence electrons. The molecule has 26 heavy (non-hydrogen) atoms. The van der Waals surface area contributed by atoms with Crippen LogP contribution in [-0.2, 0) is 4.79 Å². The molecule has 0 spiro atoms. The second-order valence-electron chi connectivity index (χ2n) is 7.83. The van der Waals surface area contributed by atoms with Gasteiger partial charge in [0.15, 0.2) is 0 Å². The van der Waals surface area contributed by atoms with E-state index < -0.39 is 0 Å². The van der Waals surface area contributed by atoms with Crippen LogP contribution >= 0.6 is 11.6 Å². The van der Waals surface area contributed by atoms with Crippen molar-refractivity contribution >= 4 is 17.5 Å². The maximum Gasteiger partial charge on any atom is 0.241 e. The number of hydrogen-bond donors (Lipinski definition) is 2. The molecule has 1 aromatic rings. The van der Waals surface area contributed by atoms with Crippen molar-refractivity contribution in [1.29, 1.82) is 0 Å². The number of rotatable bonds is 3. The van der Waals surface area contributed by atoms with Gasteiger partial charge in [-0.1, -0.05) is 30.2 Å². The number of likely N-dealkylation sites (tertiary alicyclic amines) is 2. The summed E-state index contributed by atoms with van der Waals surface area (Å²) in [5.41, 5.74) is 7.65. The average Bonchev–Trinajstić information content (AvgIpc) is 3.19. The van der Waals surface area contributed by atoms with Gasteiger partial charge in [-0.3, -0.25) is 4.79 Å². The van der Waals surface area contributed by atoms with Crippen molar-refractivity contribution in [3.63, 3.8) is 0 Å². The fraction of sp³-hybridized carbons (Fsp3) is 0.650. The number of hydrazine groups is 1. The lowest BCUT2D eigenvalue weighted by atomic mass is 9.98. The number of nitrogens with zero attached hydrogens (tertiary/aromatic N) is 2. The SMILES string of the molecule is O=C(C1CC(c2ccc(Cl)cc2)NN1)N1CCC(N2CCCCC2)CC1. The summed E-state index contributed by atoms with van der Waals surface area (Å²) in [6.07, 6.45) is 7.07. The normalized spacial score (nSPS) is 28.4. The van der Waals surface area contributed by atoms with Crippen LogP contribution in [0.5, 0.6) is 0 Å². The zero-order chi connectivity index (χ0) is 17.9. The van der Waals surface area contributed by atoms with Crippen LogP contribution in [0.1, 0.15) is 50.1 Å². The van der Waals surface area contributed by atoms with Crippen molar-refractivity contribution < 1.29 is 4.79 Å². The minimum absolute atomic E-state index is 0.137. The van der Waals surface area contributed by atoms with Crippen molar-refractivity contribution in [2.45, 2.75) is 56.7 Å². The Morgan fingerprint density at radius 3 is 2.35 bits per heavy atom. The van der Waals surface area contributed by atoms with Gasteiger partial charge in [0.1, 0.15) is 6.04 Å². The number of piperidine rings is 2. The molecule has 0 radical (unpaired) electrons. The smallest absolute Gasteiger partial charge is 0.241 e. The van der Waals surface area contributed by atoms with E-state index in [1.54, 1.807) is 0 Å². The van der Waals surface area contributed by atoms with Gasteiger partial charge in [-0.05, 0) is 62.9 Å². The van der Waals surface area contributed by atoms with E-state index in [0.29, 0.717) is 6.04 Å². The molecule has 0 bridgehead atoms. The van der Waals surface area contributed by atoms with Gasteiger partial charge in [0.25, 0.3) is 0 Å². The van der Waals surface area contributed by atoms with Crippen LogP contribution in [0.2, 0.25) is 5.02 Å². The van der Waals surface area contributed by atoms with E-state index in [0.717, 1.165) is 37.4 Å². The predicted molar refractivity (Wildman–Crippen MR) is 104 cm³/mol. The molecule has 3 aliphatic heterocycles. The molecule has 2 N–H and O–H groups in total. The third-order valence-corrected chi connectivity index (χ3v) is 6.41. The van der Waals surface area contributed by atoms with Crippen molar-refractivity contribution in [1.82, 2.24) is 20.7 Å². The molecule has 3 saturated heterocycles. The first-order chi connectivity index (χ1) is 12.7. The molecule has 0 aromatic heterocycles. The number of carbonyl (C=O) groups excluding carboxylic acids is 1. The molecule has 6 heteroatoms. The molecule has 3 fully saturated rings. The van der Waals surface area contributed by atoms with Crippen LogP contribution in [0.3, 0.4) is 0 Å². The second-order valence-corrected chi connectivity index (χ2v) is 8.27. The van der Waals surface area contributed by atoms with Crippen LogP contribution in [0.4, 0.5) is 0 Å². The van der Waals surface area contributed by atoms with E-state index in [-0.39, 0.29) is 18.0 Å². The maximum atomic E-state index is 12.9. The highest BCUT2D eigenvalue weighted by Gasteiger charge is 2.35. The number of amides is 1. The van der Waals surface area contributed by atoms with Crippen molar-refractivity contribution in [3.8, 4) is 0 Å². The minimum Gasteiger partial charge on any atom is -0.341 e. The molecule has 3 aliphatic rings. The van der Waals surface area contributed by atoms with Gasteiger partial charge in [0.2, 0.25) is 5.91 Å². The Balaban J connectivity index is 1.28. The number of benzene rings is 1. The lowest BCUT2D eigenvalue weighted by Gasteiger charge is -2.40. The summed E-state index contributed by atoms with van der Waals surface area (Å²) in [5.74, 6) is 0.242. The number of nitrogens with one attached hydrogen (secondary N) is 2. The minimum atomic E-state index is -0.137. The topological polar surface area (TPSA) is 47.6 Å². The maximum absolute atomic E-state index is 12.9. The molecule has 1 aromatic carbocycles. The van der Waals surface area contributed by atoms with Crippen molar-refractivity contribution in [3.05, 3.63) is 34.9 Å². The van der Waals surface area contributed by atoms with Crippen molar-refractivity contribution in [2.75, 3.05) is 26.2 Å². The van der Waals surface area contributed by atoms with E-state index in [2.05, 4.69) is 20.7 Å². The fourth-order valence-electron chi connectivity index (χ4n) is 4.59. The zero-order valence-corrected chi connectivity index (χ0v) is 16.0. The Labute approximate surface area is 161 Å². The summed E-state index contributed by atoms with van der Waals surface area (Å²) in [6.45, 7) is 4.28. The standard InChI is InChI=1S/C20H29ClN4O/c21-16-6-4-15(5-7-16)18-14-19(23-22-18)20(26)25-12-8-17(9-13-25)24-10-2-1-3-11-24/h4-7,17-19,22-23H,1-3,8-14H2.